The van der Waals surface area contributed by atoms with Crippen molar-refractivity contribution < 1.29 is 9.90 Å². The van der Waals surface area contributed by atoms with Gasteiger partial charge < -0.3 is 10.0 Å². The van der Waals surface area contributed by atoms with Crippen LogP contribution in [-0.4, -0.2) is 38.9 Å². The number of amides is 1. The van der Waals surface area contributed by atoms with E-state index in [0.29, 0.717) is 6.42 Å². The van der Waals surface area contributed by atoms with Gasteiger partial charge in [-0.2, -0.15) is 11.8 Å². The summed E-state index contributed by atoms with van der Waals surface area (Å²) in [5, 5.41) is 12.7. The third kappa shape index (κ3) is 3.28. The largest absolute Gasteiger partial charge is 0.508 e. The number of hydrogen-bond acceptors (Lipinski definition) is 5. The molecule has 0 bridgehead atoms. The Bertz CT molecular complexity index is 658. The number of benzene rings is 1. The number of phenolic OH excluding ortho intramolecular Hbond substituents is 1. The number of carbonyl (C=O) groups excluding carboxylic acids is 1. The highest BCUT2D eigenvalue weighted by Crippen LogP contribution is 2.31. The zero-order chi connectivity index (χ0) is 15.5. The molecule has 0 saturated carbocycles. The average molecular weight is 334 g/mol. The van der Waals surface area contributed by atoms with Crippen molar-refractivity contribution in [2.75, 3.05) is 18.1 Å². The maximum atomic E-state index is 12.7. The summed E-state index contributed by atoms with van der Waals surface area (Å²) in [7, 11) is 0. The van der Waals surface area contributed by atoms with Crippen LogP contribution in [-0.2, 0) is 11.2 Å². The Labute approximate surface area is 138 Å². The summed E-state index contributed by atoms with van der Waals surface area (Å²) in [5.74, 6) is 2.21. The number of rotatable bonds is 3. The minimum atomic E-state index is 0.0743. The van der Waals surface area contributed by atoms with Gasteiger partial charge in [0.1, 0.15) is 10.8 Å². The van der Waals surface area contributed by atoms with Crippen LogP contribution in [0.25, 0.3) is 0 Å². The second kappa shape index (κ2) is 6.71. The predicted octanol–water partition coefficient (Wildman–Crippen LogP) is 3.02. The smallest absolute Gasteiger partial charge is 0.227 e. The molecule has 1 saturated heterocycles. The molecule has 1 N–H and O–H groups in total. The topological polar surface area (TPSA) is 53.4 Å². The van der Waals surface area contributed by atoms with E-state index in [1.807, 2.05) is 41.1 Å². The van der Waals surface area contributed by atoms with Gasteiger partial charge in [-0.05, 0) is 24.1 Å². The highest BCUT2D eigenvalue weighted by Gasteiger charge is 2.29. The van der Waals surface area contributed by atoms with E-state index in [9.17, 15) is 9.90 Å². The number of thiazole rings is 1. The van der Waals surface area contributed by atoms with Crippen molar-refractivity contribution in [3.63, 3.8) is 0 Å². The first-order valence-electron chi connectivity index (χ1n) is 7.20. The van der Waals surface area contributed by atoms with Gasteiger partial charge in [0, 0.05) is 29.6 Å². The third-order valence-electron chi connectivity index (χ3n) is 3.81. The van der Waals surface area contributed by atoms with Crippen molar-refractivity contribution in [2.45, 2.75) is 19.4 Å². The lowest BCUT2D eigenvalue weighted by molar-refractivity contribution is -0.132. The monoisotopic (exact) mass is 334 g/mol. The van der Waals surface area contributed by atoms with E-state index in [2.05, 4.69) is 4.98 Å². The highest BCUT2D eigenvalue weighted by atomic mass is 32.2. The van der Waals surface area contributed by atoms with Crippen molar-refractivity contribution >= 4 is 29.0 Å². The summed E-state index contributed by atoms with van der Waals surface area (Å²) in [4.78, 5) is 19.0. The molecule has 1 fully saturated rings. The fourth-order valence-corrected chi connectivity index (χ4v) is 4.46. The maximum absolute atomic E-state index is 12.7. The summed E-state index contributed by atoms with van der Waals surface area (Å²) in [6.45, 7) is 2.60. The molecule has 6 heteroatoms. The molecular formula is C16H18N2O2S2. The van der Waals surface area contributed by atoms with Crippen molar-refractivity contribution in [1.82, 2.24) is 9.88 Å². The molecule has 1 aliphatic rings. The van der Waals surface area contributed by atoms with E-state index in [1.165, 1.54) is 0 Å². The molecule has 22 heavy (non-hydrogen) atoms. The molecule has 1 aliphatic heterocycles. The third-order valence-corrected chi connectivity index (χ3v) is 5.71. The van der Waals surface area contributed by atoms with Crippen LogP contribution in [0.2, 0.25) is 0 Å². The molecule has 1 aromatic carbocycles. The molecule has 1 amide bonds. The molecule has 2 heterocycles. The Hall–Kier alpha value is -1.53. The molecule has 0 radical (unpaired) electrons. The molecular weight excluding hydrogens is 316 g/mol. The molecule has 0 spiro atoms. The maximum Gasteiger partial charge on any atom is 0.227 e. The summed E-state index contributed by atoms with van der Waals surface area (Å²) in [6.07, 6.45) is 2.11. The van der Waals surface area contributed by atoms with Crippen LogP contribution in [0.4, 0.5) is 0 Å². The van der Waals surface area contributed by atoms with E-state index < -0.39 is 0 Å². The van der Waals surface area contributed by atoms with Crippen LogP contribution < -0.4 is 0 Å². The van der Waals surface area contributed by atoms with Crippen LogP contribution in [0.15, 0.2) is 29.8 Å². The normalized spacial score (nSPS) is 18.4. The highest BCUT2D eigenvalue weighted by molar-refractivity contribution is 7.99. The Morgan fingerprint density at radius 1 is 1.50 bits per heavy atom. The molecule has 1 atom stereocenters. The zero-order valence-corrected chi connectivity index (χ0v) is 14.0. The number of carbonyl (C=O) groups is 1. The standard InChI is InChI=1S/C16H18N2O2S2/c1-11-2-3-12(8-14(11)19)9-15(20)18-5-7-21-10-13(18)16-17-4-6-22-16/h2-4,6,8,13,19H,5,7,9-10H2,1H3/t13-/m1/s1. The Morgan fingerprint density at radius 2 is 2.36 bits per heavy atom. The van der Waals surface area contributed by atoms with E-state index in [1.54, 1.807) is 23.6 Å². The van der Waals surface area contributed by atoms with Crippen LogP contribution in [0.1, 0.15) is 22.2 Å². The van der Waals surface area contributed by atoms with Crippen LogP contribution in [0, 0.1) is 6.92 Å². The average Bonchev–Trinajstić information content (AvgIpc) is 3.05. The first-order chi connectivity index (χ1) is 10.6. The second-order valence-electron chi connectivity index (χ2n) is 5.35. The molecule has 1 aromatic heterocycles. The summed E-state index contributed by atoms with van der Waals surface area (Å²) in [5.41, 5.74) is 1.68. The lowest BCUT2D eigenvalue weighted by Crippen LogP contribution is -2.41. The van der Waals surface area contributed by atoms with Gasteiger partial charge in [-0.1, -0.05) is 12.1 Å². The van der Waals surface area contributed by atoms with Crippen LogP contribution in [0.5, 0.6) is 5.75 Å². The summed E-state index contributed by atoms with van der Waals surface area (Å²) in [6, 6.07) is 5.52. The first-order valence-corrected chi connectivity index (χ1v) is 9.23. The quantitative estimate of drug-likeness (QED) is 0.937. The van der Waals surface area contributed by atoms with E-state index >= 15 is 0 Å². The SMILES string of the molecule is Cc1ccc(CC(=O)N2CCSC[C@@H]2c2nccs2)cc1O. The Balaban J connectivity index is 1.75. The van der Waals surface area contributed by atoms with Gasteiger partial charge in [-0.15, -0.1) is 11.3 Å². The van der Waals surface area contributed by atoms with Gasteiger partial charge in [0.2, 0.25) is 5.91 Å². The molecule has 0 unspecified atom stereocenters. The van der Waals surface area contributed by atoms with Gasteiger partial charge in [0.25, 0.3) is 0 Å². The number of phenols is 1. The number of hydrogen-bond donors (Lipinski definition) is 1. The van der Waals surface area contributed by atoms with Crippen molar-refractivity contribution in [1.29, 1.82) is 0 Å². The van der Waals surface area contributed by atoms with E-state index in [0.717, 1.165) is 34.2 Å². The number of nitrogens with zero attached hydrogens (tertiary/aromatic N) is 2. The minimum absolute atomic E-state index is 0.0743. The molecule has 116 valence electrons. The second-order valence-corrected chi connectivity index (χ2v) is 7.42. The number of thioether (sulfide) groups is 1. The van der Waals surface area contributed by atoms with E-state index in [4.69, 9.17) is 0 Å². The summed E-state index contributed by atoms with van der Waals surface area (Å²) < 4.78 is 0. The lowest BCUT2D eigenvalue weighted by Gasteiger charge is -2.34. The van der Waals surface area contributed by atoms with E-state index in [-0.39, 0.29) is 17.7 Å². The number of aromatic hydroxyl groups is 1. The fourth-order valence-electron chi connectivity index (χ4n) is 2.55. The van der Waals surface area contributed by atoms with Gasteiger partial charge in [-0.3, -0.25) is 4.79 Å². The van der Waals surface area contributed by atoms with Crippen LogP contribution >= 0.6 is 23.1 Å². The van der Waals surface area contributed by atoms with Crippen LogP contribution in [0.3, 0.4) is 0 Å². The Kier molecular flexibility index (Phi) is 4.69. The molecule has 2 aromatic rings. The predicted molar refractivity (Wildman–Crippen MR) is 90.4 cm³/mol. The lowest BCUT2D eigenvalue weighted by atomic mass is 10.1. The first kappa shape index (κ1) is 15.4. The molecule has 4 nitrogen and oxygen atoms in total. The number of aryl methyl sites for hydroxylation is 1. The van der Waals surface area contributed by atoms with Crippen molar-refractivity contribution in [2.24, 2.45) is 0 Å². The van der Waals surface area contributed by atoms with Crippen molar-refractivity contribution in [3.05, 3.63) is 45.9 Å². The zero-order valence-electron chi connectivity index (χ0n) is 12.4. The molecule has 0 aliphatic carbocycles. The van der Waals surface area contributed by atoms with Gasteiger partial charge in [0.15, 0.2) is 0 Å². The molecule has 3 rings (SSSR count). The number of aromatic nitrogens is 1. The minimum Gasteiger partial charge on any atom is -0.508 e. The van der Waals surface area contributed by atoms with Gasteiger partial charge in [0.05, 0.1) is 12.5 Å². The summed E-state index contributed by atoms with van der Waals surface area (Å²) >= 11 is 3.47. The fraction of sp³-hybridized carbons (Fsp3) is 0.375. The van der Waals surface area contributed by atoms with Gasteiger partial charge in [-0.25, -0.2) is 4.98 Å². The van der Waals surface area contributed by atoms with Gasteiger partial charge >= 0.3 is 0 Å². The Morgan fingerprint density at radius 3 is 3.09 bits per heavy atom. The van der Waals surface area contributed by atoms with Crippen molar-refractivity contribution in [3.8, 4) is 5.75 Å².